The second kappa shape index (κ2) is 9.07. The number of para-hydroxylation sites is 1. The van der Waals surface area contributed by atoms with Crippen LogP contribution in [0.15, 0.2) is 47.4 Å². The zero-order chi connectivity index (χ0) is 20.8. The van der Waals surface area contributed by atoms with Gasteiger partial charge in [-0.05, 0) is 44.5 Å². The lowest BCUT2D eigenvalue weighted by Gasteiger charge is -2.11. The minimum Gasteiger partial charge on any atom is -0.481 e. The Morgan fingerprint density at radius 2 is 1.97 bits per heavy atom. The van der Waals surface area contributed by atoms with Crippen LogP contribution in [0.4, 0.5) is 0 Å². The molecule has 148 valence electrons. The van der Waals surface area contributed by atoms with E-state index in [0.29, 0.717) is 17.6 Å². The Balaban J connectivity index is 1.66. The number of benzene rings is 1. The van der Waals surface area contributed by atoms with Crippen molar-refractivity contribution in [3.63, 3.8) is 0 Å². The molecule has 0 radical (unpaired) electrons. The van der Waals surface area contributed by atoms with Crippen molar-refractivity contribution in [3.05, 3.63) is 69.6 Å². The number of carbonyl (C=O) groups excluding carboxylic acids is 1. The van der Waals surface area contributed by atoms with Crippen LogP contribution in [0.3, 0.4) is 0 Å². The summed E-state index contributed by atoms with van der Waals surface area (Å²) in [5, 5.41) is 3.11. The van der Waals surface area contributed by atoms with Gasteiger partial charge in [0.05, 0.1) is 11.9 Å². The van der Waals surface area contributed by atoms with E-state index in [-0.39, 0.29) is 24.1 Å². The number of fused-ring (bicyclic) bond motifs is 1. The van der Waals surface area contributed by atoms with E-state index >= 15 is 0 Å². The van der Waals surface area contributed by atoms with Gasteiger partial charge in [-0.1, -0.05) is 30.0 Å². The zero-order valence-electron chi connectivity index (χ0n) is 16.8. The van der Waals surface area contributed by atoms with Gasteiger partial charge in [-0.2, -0.15) is 0 Å². The molecule has 0 spiro atoms. The van der Waals surface area contributed by atoms with Crippen LogP contribution in [-0.4, -0.2) is 28.6 Å². The standard InChI is InChI=1S/C23H23N3O3/c1-4-26-15-19(21(27)18-12-11-17(3)25-22(18)26)23(28)24-13-7-8-14-29-20-10-6-5-9-16(20)2/h5-6,9-12,15H,4,13-14H2,1-3H3,(H,24,28). The molecule has 0 saturated heterocycles. The largest absolute Gasteiger partial charge is 0.481 e. The summed E-state index contributed by atoms with van der Waals surface area (Å²) in [4.78, 5) is 29.6. The Morgan fingerprint density at radius 1 is 1.17 bits per heavy atom. The summed E-state index contributed by atoms with van der Waals surface area (Å²) < 4.78 is 7.39. The lowest BCUT2D eigenvalue weighted by atomic mass is 10.1. The summed E-state index contributed by atoms with van der Waals surface area (Å²) in [6.07, 6.45) is 1.56. The minimum atomic E-state index is -0.450. The normalized spacial score (nSPS) is 10.3. The molecule has 0 aliphatic carbocycles. The van der Waals surface area contributed by atoms with Gasteiger partial charge in [0.2, 0.25) is 5.43 Å². The van der Waals surface area contributed by atoms with Crippen LogP contribution in [0.1, 0.15) is 28.5 Å². The van der Waals surface area contributed by atoms with Crippen molar-refractivity contribution in [2.75, 3.05) is 13.2 Å². The van der Waals surface area contributed by atoms with E-state index in [4.69, 9.17) is 4.74 Å². The number of nitrogens with zero attached hydrogens (tertiary/aromatic N) is 2. The number of nitrogens with one attached hydrogen (secondary N) is 1. The van der Waals surface area contributed by atoms with Gasteiger partial charge in [0.25, 0.3) is 5.91 Å². The maximum atomic E-state index is 12.7. The maximum absolute atomic E-state index is 12.7. The third-order valence-electron chi connectivity index (χ3n) is 4.50. The van der Waals surface area contributed by atoms with Gasteiger partial charge in [-0.3, -0.25) is 9.59 Å². The maximum Gasteiger partial charge on any atom is 0.257 e. The van der Waals surface area contributed by atoms with Gasteiger partial charge in [0.15, 0.2) is 0 Å². The Kier molecular flexibility index (Phi) is 6.30. The van der Waals surface area contributed by atoms with Crippen molar-refractivity contribution < 1.29 is 9.53 Å². The van der Waals surface area contributed by atoms with E-state index in [0.717, 1.165) is 17.0 Å². The van der Waals surface area contributed by atoms with Crippen molar-refractivity contribution in [2.24, 2.45) is 0 Å². The number of pyridine rings is 2. The van der Waals surface area contributed by atoms with Crippen LogP contribution in [0.25, 0.3) is 11.0 Å². The van der Waals surface area contributed by atoms with Crippen molar-refractivity contribution in [2.45, 2.75) is 27.3 Å². The van der Waals surface area contributed by atoms with Crippen molar-refractivity contribution in [1.29, 1.82) is 0 Å². The number of amides is 1. The van der Waals surface area contributed by atoms with E-state index < -0.39 is 5.91 Å². The van der Waals surface area contributed by atoms with Gasteiger partial charge in [0, 0.05) is 18.4 Å². The molecule has 0 saturated carbocycles. The highest BCUT2D eigenvalue weighted by atomic mass is 16.5. The van der Waals surface area contributed by atoms with Crippen LogP contribution in [-0.2, 0) is 6.54 Å². The topological polar surface area (TPSA) is 73.2 Å². The highest BCUT2D eigenvalue weighted by Gasteiger charge is 2.15. The average Bonchev–Trinajstić information content (AvgIpc) is 2.72. The fourth-order valence-electron chi connectivity index (χ4n) is 2.93. The predicted molar refractivity (Wildman–Crippen MR) is 113 cm³/mol. The fraction of sp³-hybridized carbons (Fsp3) is 0.261. The van der Waals surface area contributed by atoms with Crippen LogP contribution >= 0.6 is 0 Å². The van der Waals surface area contributed by atoms with Crippen LogP contribution in [0.5, 0.6) is 5.75 Å². The third kappa shape index (κ3) is 4.64. The second-order valence-corrected chi connectivity index (χ2v) is 6.57. The number of hydrogen-bond acceptors (Lipinski definition) is 4. The predicted octanol–water partition coefficient (Wildman–Crippen LogP) is 2.85. The second-order valence-electron chi connectivity index (χ2n) is 6.57. The van der Waals surface area contributed by atoms with Crippen molar-refractivity contribution in [1.82, 2.24) is 14.9 Å². The molecule has 1 aromatic carbocycles. The first-order valence-corrected chi connectivity index (χ1v) is 9.44. The minimum absolute atomic E-state index is 0.0861. The van der Waals surface area contributed by atoms with E-state index in [1.54, 1.807) is 22.9 Å². The Hall–Kier alpha value is -3.59. The zero-order valence-corrected chi connectivity index (χ0v) is 16.8. The molecule has 0 fully saturated rings. The van der Waals surface area contributed by atoms with Gasteiger partial charge >= 0.3 is 0 Å². The fourth-order valence-corrected chi connectivity index (χ4v) is 2.93. The molecule has 1 amide bonds. The Labute approximate surface area is 169 Å². The molecule has 1 N–H and O–H groups in total. The average molecular weight is 389 g/mol. The van der Waals surface area contributed by atoms with E-state index in [1.165, 1.54) is 0 Å². The smallest absolute Gasteiger partial charge is 0.257 e. The number of hydrogen-bond donors (Lipinski definition) is 1. The summed E-state index contributed by atoms with van der Waals surface area (Å²) in [5.74, 6) is 6.03. The molecule has 0 unspecified atom stereocenters. The molecule has 2 heterocycles. The molecule has 3 aromatic rings. The number of carbonyl (C=O) groups is 1. The van der Waals surface area contributed by atoms with Crippen molar-refractivity contribution in [3.8, 4) is 17.6 Å². The van der Waals surface area contributed by atoms with Crippen LogP contribution in [0.2, 0.25) is 0 Å². The number of rotatable bonds is 5. The number of aryl methyl sites for hydroxylation is 3. The van der Waals surface area contributed by atoms with Gasteiger partial charge in [0.1, 0.15) is 23.6 Å². The van der Waals surface area contributed by atoms with Gasteiger partial charge < -0.3 is 14.6 Å². The summed E-state index contributed by atoms with van der Waals surface area (Å²) in [7, 11) is 0. The Bertz CT molecular complexity index is 1170. The molecule has 6 nitrogen and oxygen atoms in total. The monoisotopic (exact) mass is 389 g/mol. The number of ether oxygens (including phenoxy) is 1. The summed E-state index contributed by atoms with van der Waals surface area (Å²) >= 11 is 0. The molecule has 2 aromatic heterocycles. The molecular formula is C23H23N3O3. The van der Waals surface area contributed by atoms with Gasteiger partial charge in [-0.25, -0.2) is 4.98 Å². The first-order valence-electron chi connectivity index (χ1n) is 9.44. The van der Waals surface area contributed by atoms with E-state index in [2.05, 4.69) is 22.1 Å². The first kappa shape index (κ1) is 20.2. The highest BCUT2D eigenvalue weighted by Crippen LogP contribution is 2.15. The SMILES string of the molecule is CCn1cc(C(=O)NCC#CCOc2ccccc2C)c(=O)c2ccc(C)nc21. The molecule has 0 bridgehead atoms. The molecular weight excluding hydrogens is 366 g/mol. The molecule has 6 heteroatoms. The number of aromatic nitrogens is 2. The molecule has 29 heavy (non-hydrogen) atoms. The Morgan fingerprint density at radius 3 is 2.72 bits per heavy atom. The van der Waals surface area contributed by atoms with Crippen LogP contribution < -0.4 is 15.5 Å². The quantitative estimate of drug-likeness (QED) is 0.681. The summed E-state index contributed by atoms with van der Waals surface area (Å²) in [6, 6.07) is 11.2. The third-order valence-corrected chi connectivity index (χ3v) is 4.50. The van der Waals surface area contributed by atoms with Crippen LogP contribution in [0, 0.1) is 25.7 Å². The molecule has 0 aliphatic rings. The lowest BCUT2D eigenvalue weighted by Crippen LogP contribution is -2.30. The van der Waals surface area contributed by atoms with E-state index in [1.807, 2.05) is 45.0 Å². The first-order chi connectivity index (χ1) is 14.0. The summed E-state index contributed by atoms with van der Waals surface area (Å²) in [6.45, 7) is 6.73. The summed E-state index contributed by atoms with van der Waals surface area (Å²) in [5.41, 5.74) is 2.20. The molecule has 3 rings (SSSR count). The van der Waals surface area contributed by atoms with Gasteiger partial charge in [-0.15, -0.1) is 0 Å². The molecule has 0 atom stereocenters. The highest BCUT2D eigenvalue weighted by molar-refractivity contribution is 5.97. The molecule has 0 aliphatic heterocycles. The van der Waals surface area contributed by atoms with Crippen molar-refractivity contribution >= 4 is 16.9 Å². The van der Waals surface area contributed by atoms with E-state index in [9.17, 15) is 9.59 Å². The lowest BCUT2D eigenvalue weighted by molar-refractivity contribution is 0.0957.